The van der Waals surface area contributed by atoms with Gasteiger partial charge in [0.05, 0.1) is 13.0 Å². The van der Waals surface area contributed by atoms with Gasteiger partial charge in [-0.3, -0.25) is 9.59 Å². The molecule has 1 saturated heterocycles. The number of primary amides is 1. The Morgan fingerprint density at radius 3 is 2.82 bits per heavy atom. The highest BCUT2D eigenvalue weighted by Gasteiger charge is 2.33. The molecule has 0 unspecified atom stereocenters. The summed E-state index contributed by atoms with van der Waals surface area (Å²) < 4.78 is 5.42. The van der Waals surface area contributed by atoms with Crippen molar-refractivity contribution in [2.45, 2.75) is 25.3 Å². The molecule has 0 spiro atoms. The first-order valence-corrected chi connectivity index (χ1v) is 7.04. The Bertz CT molecular complexity index is 587. The number of likely N-dealkylation sites (tertiary alicyclic amines) is 1. The Morgan fingerprint density at radius 2 is 2.14 bits per heavy atom. The lowest BCUT2D eigenvalue weighted by atomic mass is 10.2. The average Bonchev–Trinajstić information content (AvgIpc) is 2.97. The van der Waals surface area contributed by atoms with Crippen LogP contribution in [-0.4, -0.2) is 47.0 Å². The molecule has 7 nitrogen and oxygen atoms in total. The van der Waals surface area contributed by atoms with E-state index in [2.05, 4.69) is 0 Å². The summed E-state index contributed by atoms with van der Waals surface area (Å²) in [6.07, 6.45) is 1.28. The number of nitrogens with two attached hydrogens (primary N) is 1. The topological polar surface area (TPSA) is 110 Å². The van der Waals surface area contributed by atoms with E-state index in [0.29, 0.717) is 30.7 Å². The number of hydrogen-bond acceptors (Lipinski definition) is 4. The lowest BCUT2D eigenvalue weighted by Crippen LogP contribution is -2.40. The van der Waals surface area contributed by atoms with E-state index in [0.717, 1.165) is 0 Å². The number of ether oxygens (including phenoxy) is 1. The molecular formula is C15H18N2O5. The van der Waals surface area contributed by atoms with Gasteiger partial charge >= 0.3 is 5.97 Å². The number of carboxylic acids is 1. The zero-order chi connectivity index (χ0) is 16.1. The molecule has 2 amide bonds. The number of carbonyl (C=O) groups excluding carboxylic acids is 2. The van der Waals surface area contributed by atoms with Crippen molar-refractivity contribution < 1.29 is 24.2 Å². The van der Waals surface area contributed by atoms with Gasteiger partial charge in [0.2, 0.25) is 11.8 Å². The second-order valence-electron chi connectivity index (χ2n) is 5.07. The SMILES string of the molecule is NC(=O)c1cccc(OCCC(=O)N2CCC[C@@H]2C(=O)O)c1. The van der Waals surface area contributed by atoms with Crippen LogP contribution >= 0.6 is 0 Å². The van der Waals surface area contributed by atoms with Gasteiger partial charge in [0, 0.05) is 12.1 Å². The van der Waals surface area contributed by atoms with Crippen molar-refractivity contribution in [2.24, 2.45) is 5.73 Å². The van der Waals surface area contributed by atoms with Gasteiger partial charge < -0.3 is 20.5 Å². The maximum Gasteiger partial charge on any atom is 0.326 e. The quantitative estimate of drug-likeness (QED) is 0.801. The molecule has 118 valence electrons. The van der Waals surface area contributed by atoms with E-state index in [1.165, 1.54) is 11.0 Å². The number of carbonyl (C=O) groups is 3. The zero-order valence-electron chi connectivity index (χ0n) is 12.0. The number of benzene rings is 1. The lowest BCUT2D eigenvalue weighted by Gasteiger charge is -2.21. The Labute approximate surface area is 127 Å². The molecule has 1 atom stereocenters. The second kappa shape index (κ2) is 6.93. The summed E-state index contributed by atoms with van der Waals surface area (Å²) >= 11 is 0. The summed E-state index contributed by atoms with van der Waals surface area (Å²) in [4.78, 5) is 35.5. The predicted molar refractivity (Wildman–Crippen MR) is 77.4 cm³/mol. The number of hydrogen-bond donors (Lipinski definition) is 2. The summed E-state index contributed by atoms with van der Waals surface area (Å²) in [5, 5.41) is 9.05. The molecule has 2 rings (SSSR count). The number of aliphatic carboxylic acids is 1. The molecule has 0 bridgehead atoms. The molecule has 22 heavy (non-hydrogen) atoms. The van der Waals surface area contributed by atoms with Gasteiger partial charge in [-0.25, -0.2) is 4.79 Å². The summed E-state index contributed by atoms with van der Waals surface area (Å²) in [7, 11) is 0. The van der Waals surface area contributed by atoms with Crippen molar-refractivity contribution in [3.05, 3.63) is 29.8 Å². The molecule has 0 radical (unpaired) electrons. The largest absolute Gasteiger partial charge is 0.493 e. The molecule has 1 aliphatic heterocycles. The summed E-state index contributed by atoms with van der Waals surface area (Å²) in [6, 6.07) is 5.64. The normalized spacial score (nSPS) is 17.3. The first-order chi connectivity index (χ1) is 10.5. The van der Waals surface area contributed by atoms with E-state index >= 15 is 0 Å². The average molecular weight is 306 g/mol. The van der Waals surface area contributed by atoms with Gasteiger partial charge in [0.15, 0.2) is 0 Å². The van der Waals surface area contributed by atoms with Gasteiger partial charge in [-0.15, -0.1) is 0 Å². The van der Waals surface area contributed by atoms with Gasteiger partial charge in [-0.1, -0.05) is 6.07 Å². The minimum absolute atomic E-state index is 0.0879. The molecule has 1 aromatic rings. The summed E-state index contributed by atoms with van der Waals surface area (Å²) in [5.74, 6) is -1.32. The molecule has 3 N–H and O–H groups in total. The Kier molecular flexibility index (Phi) is 4.98. The van der Waals surface area contributed by atoms with Crippen LogP contribution in [0.4, 0.5) is 0 Å². The summed E-state index contributed by atoms with van der Waals surface area (Å²) in [6.45, 7) is 0.580. The smallest absolute Gasteiger partial charge is 0.326 e. The molecular weight excluding hydrogens is 288 g/mol. The molecule has 1 fully saturated rings. The third kappa shape index (κ3) is 3.75. The van der Waals surface area contributed by atoms with Crippen molar-refractivity contribution in [1.29, 1.82) is 0 Å². The fraction of sp³-hybridized carbons (Fsp3) is 0.400. The molecule has 0 aromatic heterocycles. The van der Waals surface area contributed by atoms with Crippen LogP contribution in [-0.2, 0) is 9.59 Å². The van der Waals surface area contributed by atoms with Crippen LogP contribution in [0.1, 0.15) is 29.6 Å². The van der Waals surface area contributed by atoms with Crippen LogP contribution in [0.25, 0.3) is 0 Å². The second-order valence-corrected chi connectivity index (χ2v) is 5.07. The number of carboxylic acid groups (broad SMARTS) is 1. The third-order valence-corrected chi connectivity index (χ3v) is 3.56. The van der Waals surface area contributed by atoms with Crippen molar-refractivity contribution in [1.82, 2.24) is 4.90 Å². The molecule has 1 aromatic carbocycles. The van der Waals surface area contributed by atoms with Gasteiger partial charge in [-0.05, 0) is 31.0 Å². The van der Waals surface area contributed by atoms with Crippen LogP contribution in [0, 0.1) is 0 Å². The zero-order valence-corrected chi connectivity index (χ0v) is 12.0. The molecule has 1 aliphatic rings. The van der Waals surface area contributed by atoms with E-state index in [-0.39, 0.29) is 18.9 Å². The Hall–Kier alpha value is -2.57. The van der Waals surface area contributed by atoms with E-state index in [4.69, 9.17) is 15.6 Å². The van der Waals surface area contributed by atoms with Gasteiger partial charge in [-0.2, -0.15) is 0 Å². The predicted octanol–water partition coefficient (Wildman–Crippen LogP) is 0.630. The molecule has 1 heterocycles. The maximum atomic E-state index is 12.0. The highest BCUT2D eigenvalue weighted by atomic mass is 16.5. The highest BCUT2D eigenvalue weighted by molar-refractivity contribution is 5.93. The highest BCUT2D eigenvalue weighted by Crippen LogP contribution is 2.19. The third-order valence-electron chi connectivity index (χ3n) is 3.56. The van der Waals surface area contributed by atoms with Crippen LogP contribution in [0.5, 0.6) is 5.75 Å². The minimum atomic E-state index is -0.971. The van der Waals surface area contributed by atoms with E-state index in [9.17, 15) is 14.4 Å². The molecule has 0 aliphatic carbocycles. The fourth-order valence-electron chi connectivity index (χ4n) is 2.46. The van der Waals surface area contributed by atoms with Crippen LogP contribution in [0.15, 0.2) is 24.3 Å². The van der Waals surface area contributed by atoms with Crippen molar-refractivity contribution >= 4 is 17.8 Å². The molecule has 0 saturated carbocycles. The van der Waals surface area contributed by atoms with E-state index in [1.54, 1.807) is 18.2 Å². The standard InChI is InChI=1S/C15H18N2O5/c16-14(19)10-3-1-4-11(9-10)22-8-6-13(18)17-7-2-5-12(17)15(20)21/h1,3-4,9,12H,2,5-8H2,(H2,16,19)(H,20,21)/t12-/m1/s1. The van der Waals surface area contributed by atoms with Gasteiger partial charge in [0.1, 0.15) is 11.8 Å². The lowest BCUT2D eigenvalue weighted by molar-refractivity contribution is -0.148. The molecule has 7 heteroatoms. The van der Waals surface area contributed by atoms with Crippen LogP contribution in [0.3, 0.4) is 0 Å². The Balaban J connectivity index is 1.86. The fourth-order valence-corrected chi connectivity index (χ4v) is 2.46. The number of rotatable bonds is 6. The van der Waals surface area contributed by atoms with E-state index in [1.807, 2.05) is 0 Å². The van der Waals surface area contributed by atoms with Crippen molar-refractivity contribution in [2.75, 3.05) is 13.2 Å². The van der Waals surface area contributed by atoms with Gasteiger partial charge in [0.25, 0.3) is 0 Å². The minimum Gasteiger partial charge on any atom is -0.493 e. The number of amides is 2. The Morgan fingerprint density at radius 1 is 1.36 bits per heavy atom. The van der Waals surface area contributed by atoms with E-state index < -0.39 is 17.9 Å². The van der Waals surface area contributed by atoms with Crippen molar-refractivity contribution in [3.8, 4) is 5.75 Å². The van der Waals surface area contributed by atoms with Crippen LogP contribution < -0.4 is 10.5 Å². The first kappa shape index (κ1) is 15.8. The maximum absolute atomic E-state index is 12.0. The van der Waals surface area contributed by atoms with Crippen molar-refractivity contribution in [3.63, 3.8) is 0 Å². The van der Waals surface area contributed by atoms with Crippen LogP contribution in [0.2, 0.25) is 0 Å². The summed E-state index contributed by atoms with van der Waals surface area (Å²) in [5.41, 5.74) is 5.50. The number of nitrogens with zero attached hydrogens (tertiary/aromatic N) is 1. The monoisotopic (exact) mass is 306 g/mol. The first-order valence-electron chi connectivity index (χ1n) is 7.04.